The van der Waals surface area contributed by atoms with Crippen LogP contribution in [-0.4, -0.2) is 27.3 Å². The summed E-state index contributed by atoms with van der Waals surface area (Å²) in [6.45, 7) is 0. The van der Waals surface area contributed by atoms with Crippen molar-refractivity contribution in [2.24, 2.45) is 0 Å². The first kappa shape index (κ1) is 13.6. The van der Waals surface area contributed by atoms with Gasteiger partial charge in [0.25, 0.3) is 5.89 Å². The van der Waals surface area contributed by atoms with E-state index in [0.29, 0.717) is 28.4 Å². The molecule has 0 fully saturated rings. The maximum absolute atomic E-state index is 5.66. The second-order valence-corrected chi connectivity index (χ2v) is 4.96. The standard InChI is InChI=1S/C14H12N4O2S/c1-19-11-6-3-2-5-10(11)13-18-17-12(20-13)9-21-14-15-7-4-8-16-14/h2-8H,9H2,1H3. The van der Waals surface area contributed by atoms with Crippen LogP contribution in [0.15, 0.2) is 52.3 Å². The van der Waals surface area contributed by atoms with Crippen LogP contribution in [0.2, 0.25) is 0 Å². The average molecular weight is 300 g/mol. The maximum Gasteiger partial charge on any atom is 0.251 e. The van der Waals surface area contributed by atoms with E-state index in [1.807, 2.05) is 24.3 Å². The summed E-state index contributed by atoms with van der Waals surface area (Å²) in [5, 5.41) is 8.77. The Balaban J connectivity index is 1.74. The van der Waals surface area contributed by atoms with Crippen molar-refractivity contribution < 1.29 is 9.15 Å². The third-order valence-electron chi connectivity index (χ3n) is 2.67. The van der Waals surface area contributed by atoms with Crippen LogP contribution in [-0.2, 0) is 5.75 Å². The molecule has 0 saturated heterocycles. The molecular formula is C14H12N4O2S. The zero-order chi connectivity index (χ0) is 14.5. The van der Waals surface area contributed by atoms with Crippen LogP contribution in [0.1, 0.15) is 5.89 Å². The SMILES string of the molecule is COc1ccccc1-c1nnc(CSc2ncccn2)o1. The van der Waals surface area contributed by atoms with Crippen LogP contribution in [0.3, 0.4) is 0 Å². The van der Waals surface area contributed by atoms with Crippen molar-refractivity contribution in [1.29, 1.82) is 0 Å². The van der Waals surface area contributed by atoms with E-state index in [1.165, 1.54) is 11.8 Å². The van der Waals surface area contributed by atoms with Crippen molar-refractivity contribution >= 4 is 11.8 Å². The van der Waals surface area contributed by atoms with Gasteiger partial charge in [0, 0.05) is 12.4 Å². The Labute approximate surface area is 125 Å². The lowest BCUT2D eigenvalue weighted by atomic mass is 10.2. The van der Waals surface area contributed by atoms with Gasteiger partial charge in [-0.1, -0.05) is 23.9 Å². The molecule has 1 aromatic carbocycles. The molecule has 0 radical (unpaired) electrons. The van der Waals surface area contributed by atoms with Gasteiger partial charge in [-0.15, -0.1) is 10.2 Å². The summed E-state index contributed by atoms with van der Waals surface area (Å²) in [4.78, 5) is 8.26. The normalized spacial score (nSPS) is 10.5. The molecule has 0 saturated carbocycles. The van der Waals surface area contributed by atoms with Gasteiger partial charge in [0.15, 0.2) is 5.16 Å². The Morgan fingerprint density at radius 3 is 2.71 bits per heavy atom. The first-order chi connectivity index (χ1) is 10.4. The van der Waals surface area contributed by atoms with Gasteiger partial charge >= 0.3 is 0 Å². The third-order valence-corrected chi connectivity index (χ3v) is 3.53. The number of hydrogen-bond donors (Lipinski definition) is 0. The van der Waals surface area contributed by atoms with E-state index in [1.54, 1.807) is 25.6 Å². The second kappa shape index (κ2) is 6.36. The number of aromatic nitrogens is 4. The van der Waals surface area contributed by atoms with Crippen LogP contribution >= 0.6 is 11.8 Å². The summed E-state index contributed by atoms with van der Waals surface area (Å²) < 4.78 is 10.9. The smallest absolute Gasteiger partial charge is 0.251 e. The van der Waals surface area contributed by atoms with Crippen LogP contribution in [0.25, 0.3) is 11.5 Å². The molecule has 3 rings (SSSR count). The molecule has 0 amide bonds. The van der Waals surface area contributed by atoms with Crippen LogP contribution in [0, 0.1) is 0 Å². The molecule has 7 heteroatoms. The van der Waals surface area contributed by atoms with Gasteiger partial charge in [-0.3, -0.25) is 0 Å². The Hall–Kier alpha value is -2.41. The molecule has 106 valence electrons. The number of para-hydroxylation sites is 1. The van der Waals surface area contributed by atoms with Crippen molar-refractivity contribution in [3.05, 3.63) is 48.6 Å². The van der Waals surface area contributed by atoms with Crippen molar-refractivity contribution in [2.75, 3.05) is 7.11 Å². The maximum atomic E-state index is 5.66. The number of hydrogen-bond acceptors (Lipinski definition) is 7. The second-order valence-electron chi connectivity index (χ2n) is 4.02. The number of methoxy groups -OCH3 is 1. The summed E-state index contributed by atoms with van der Waals surface area (Å²) in [5.41, 5.74) is 0.778. The molecule has 2 aromatic heterocycles. The topological polar surface area (TPSA) is 73.9 Å². The van der Waals surface area contributed by atoms with E-state index in [4.69, 9.17) is 9.15 Å². The predicted octanol–water partition coefficient (Wildman–Crippen LogP) is 2.83. The van der Waals surface area contributed by atoms with Gasteiger partial charge in [0.1, 0.15) is 5.75 Å². The van der Waals surface area contributed by atoms with E-state index < -0.39 is 0 Å². The zero-order valence-corrected chi connectivity index (χ0v) is 12.1. The minimum atomic E-state index is 0.442. The Morgan fingerprint density at radius 1 is 1.10 bits per heavy atom. The highest BCUT2D eigenvalue weighted by molar-refractivity contribution is 7.98. The molecule has 0 bridgehead atoms. The van der Waals surface area contributed by atoms with Gasteiger partial charge in [-0.05, 0) is 18.2 Å². The van der Waals surface area contributed by atoms with Crippen LogP contribution in [0.4, 0.5) is 0 Å². The Kier molecular flexibility index (Phi) is 4.11. The Morgan fingerprint density at radius 2 is 1.90 bits per heavy atom. The van der Waals surface area contributed by atoms with E-state index >= 15 is 0 Å². The molecule has 0 N–H and O–H groups in total. The summed E-state index contributed by atoms with van der Waals surface area (Å²) in [5.74, 6) is 2.18. The van der Waals surface area contributed by atoms with Crippen molar-refractivity contribution in [3.63, 3.8) is 0 Å². The number of thioether (sulfide) groups is 1. The van der Waals surface area contributed by atoms with Gasteiger partial charge in [0.05, 0.1) is 18.4 Å². The first-order valence-corrected chi connectivity index (χ1v) is 7.21. The average Bonchev–Trinajstić information content (AvgIpc) is 3.02. The van der Waals surface area contributed by atoms with E-state index in [0.717, 1.165) is 5.56 Å². The highest BCUT2D eigenvalue weighted by atomic mass is 32.2. The number of nitrogens with zero attached hydrogens (tertiary/aromatic N) is 4. The summed E-state index contributed by atoms with van der Waals surface area (Å²) >= 11 is 1.44. The van der Waals surface area contributed by atoms with Gasteiger partial charge < -0.3 is 9.15 Å². The molecule has 0 aliphatic heterocycles. The van der Waals surface area contributed by atoms with Crippen molar-refractivity contribution in [3.8, 4) is 17.2 Å². The first-order valence-electron chi connectivity index (χ1n) is 6.22. The quantitative estimate of drug-likeness (QED) is 0.530. The van der Waals surface area contributed by atoms with Crippen LogP contribution in [0.5, 0.6) is 5.75 Å². The van der Waals surface area contributed by atoms with E-state index in [9.17, 15) is 0 Å². The lowest BCUT2D eigenvalue weighted by Gasteiger charge is -2.03. The number of ether oxygens (including phenoxy) is 1. The van der Waals surface area contributed by atoms with Gasteiger partial charge in [-0.25, -0.2) is 9.97 Å². The summed E-state index contributed by atoms with van der Waals surface area (Å²) in [7, 11) is 1.61. The molecule has 21 heavy (non-hydrogen) atoms. The largest absolute Gasteiger partial charge is 0.496 e. The fourth-order valence-corrected chi connectivity index (χ4v) is 2.37. The zero-order valence-electron chi connectivity index (χ0n) is 11.3. The van der Waals surface area contributed by atoms with Gasteiger partial charge in [-0.2, -0.15) is 0 Å². The molecule has 0 atom stereocenters. The molecule has 6 nitrogen and oxygen atoms in total. The fourth-order valence-electron chi connectivity index (χ4n) is 1.73. The summed E-state index contributed by atoms with van der Waals surface area (Å²) in [6, 6.07) is 9.29. The number of benzene rings is 1. The molecule has 0 unspecified atom stereocenters. The van der Waals surface area contributed by atoms with E-state index in [-0.39, 0.29) is 0 Å². The molecule has 0 spiro atoms. The molecule has 2 heterocycles. The molecule has 0 aliphatic carbocycles. The van der Waals surface area contributed by atoms with Crippen molar-refractivity contribution in [2.45, 2.75) is 10.9 Å². The highest BCUT2D eigenvalue weighted by Crippen LogP contribution is 2.29. The van der Waals surface area contributed by atoms with Crippen molar-refractivity contribution in [1.82, 2.24) is 20.2 Å². The number of rotatable bonds is 5. The fraction of sp³-hybridized carbons (Fsp3) is 0.143. The van der Waals surface area contributed by atoms with Gasteiger partial charge in [0.2, 0.25) is 5.89 Å². The minimum absolute atomic E-state index is 0.442. The lowest BCUT2D eigenvalue weighted by Crippen LogP contribution is -1.87. The highest BCUT2D eigenvalue weighted by Gasteiger charge is 2.13. The predicted molar refractivity (Wildman–Crippen MR) is 77.9 cm³/mol. The summed E-state index contributed by atoms with van der Waals surface area (Å²) in [6.07, 6.45) is 3.40. The molecular weight excluding hydrogens is 288 g/mol. The van der Waals surface area contributed by atoms with Crippen LogP contribution < -0.4 is 4.74 Å². The minimum Gasteiger partial charge on any atom is -0.496 e. The molecule has 3 aromatic rings. The monoisotopic (exact) mass is 300 g/mol. The Bertz CT molecular complexity index is 718. The molecule has 0 aliphatic rings. The van der Waals surface area contributed by atoms with E-state index in [2.05, 4.69) is 20.2 Å². The third kappa shape index (κ3) is 3.19. The lowest BCUT2D eigenvalue weighted by molar-refractivity contribution is 0.414.